The third-order valence-electron chi connectivity index (χ3n) is 5.78. The first-order valence-corrected chi connectivity index (χ1v) is 11.0. The largest absolute Gasteiger partial charge is 0.453 e. The van der Waals surface area contributed by atoms with Gasteiger partial charge < -0.3 is 14.5 Å². The van der Waals surface area contributed by atoms with Crippen LogP contribution in [0.25, 0.3) is 27.2 Å². The highest BCUT2D eigenvalue weighted by atomic mass is 16.5. The molecule has 0 unspecified atom stereocenters. The summed E-state index contributed by atoms with van der Waals surface area (Å²) in [4.78, 5) is 22.6. The van der Waals surface area contributed by atoms with Crippen LogP contribution in [0.3, 0.4) is 0 Å². The SMILES string of the molecule is [C-]#[N+]c1ncc(-c2cccc(-c3cnc(C#N)cn3)c2N2c3ccccc3Oc3ccccc32)cn1. The minimum absolute atomic E-state index is 0.0801. The Bertz CT molecular complexity index is 1560. The van der Waals surface area contributed by atoms with Gasteiger partial charge in [0.25, 0.3) is 0 Å². The molecule has 5 aromatic rings. The molecule has 0 N–H and O–H groups in total. The minimum Gasteiger partial charge on any atom is -0.453 e. The van der Waals surface area contributed by atoms with Gasteiger partial charge in [0.05, 0.1) is 53.1 Å². The van der Waals surface area contributed by atoms with E-state index in [-0.39, 0.29) is 11.6 Å². The second-order valence-corrected chi connectivity index (χ2v) is 7.86. The van der Waals surface area contributed by atoms with E-state index in [2.05, 4.69) is 29.7 Å². The van der Waals surface area contributed by atoms with Crippen LogP contribution in [0.2, 0.25) is 0 Å². The van der Waals surface area contributed by atoms with E-state index in [1.807, 2.05) is 72.8 Å². The van der Waals surface area contributed by atoms with Gasteiger partial charge in [0.1, 0.15) is 6.07 Å². The molecule has 1 aliphatic rings. The Morgan fingerprint density at radius 2 is 1.42 bits per heavy atom. The lowest BCUT2D eigenvalue weighted by atomic mass is 9.97. The van der Waals surface area contributed by atoms with E-state index in [0.717, 1.165) is 33.8 Å². The zero-order chi connectivity index (χ0) is 24.5. The molecule has 2 aromatic heterocycles. The van der Waals surface area contributed by atoms with Gasteiger partial charge in [-0.05, 0) is 24.3 Å². The maximum atomic E-state index is 9.20. The third kappa shape index (κ3) is 3.47. The van der Waals surface area contributed by atoms with Gasteiger partial charge >= 0.3 is 5.95 Å². The number of fused-ring (bicyclic) bond motifs is 2. The molecule has 36 heavy (non-hydrogen) atoms. The highest BCUT2D eigenvalue weighted by molar-refractivity contribution is 5.99. The monoisotopic (exact) mass is 465 g/mol. The molecule has 0 fully saturated rings. The molecule has 0 aliphatic carbocycles. The standard InChI is InChI=1S/C28H15N7O/c1-30-28-33-14-18(15-34-28)20-7-6-8-21(22-17-31-19(13-29)16-32-22)27(20)35-23-9-2-4-11-25(23)36-26-12-5-3-10-24(26)35/h2-12,14-17H. The first-order chi connectivity index (χ1) is 17.8. The molecule has 6 rings (SSSR count). The Labute approximate surface area is 206 Å². The number of benzene rings is 3. The Kier molecular flexibility index (Phi) is 5.03. The molecular weight excluding hydrogens is 450 g/mol. The topological polar surface area (TPSA) is 92.2 Å². The fraction of sp³-hybridized carbons (Fsp3) is 0. The summed E-state index contributed by atoms with van der Waals surface area (Å²) in [6, 6.07) is 23.5. The van der Waals surface area contributed by atoms with Gasteiger partial charge in [0.15, 0.2) is 17.2 Å². The number of aromatic nitrogens is 4. The van der Waals surface area contributed by atoms with Crippen molar-refractivity contribution in [3.05, 3.63) is 109 Å². The van der Waals surface area contributed by atoms with Gasteiger partial charge in [-0.3, -0.25) is 4.98 Å². The lowest BCUT2D eigenvalue weighted by Crippen LogP contribution is -2.17. The number of nitriles is 1. The molecule has 0 atom stereocenters. The summed E-state index contributed by atoms with van der Waals surface area (Å²) >= 11 is 0. The van der Waals surface area contributed by atoms with Crippen molar-refractivity contribution < 1.29 is 4.74 Å². The zero-order valence-electron chi connectivity index (χ0n) is 18.7. The number of ether oxygens (including phenoxy) is 1. The van der Waals surface area contributed by atoms with Gasteiger partial charge in [-0.2, -0.15) is 15.2 Å². The maximum absolute atomic E-state index is 9.20. The molecule has 3 heterocycles. The van der Waals surface area contributed by atoms with Crippen LogP contribution in [0.5, 0.6) is 11.5 Å². The van der Waals surface area contributed by atoms with E-state index in [1.165, 1.54) is 6.20 Å². The summed E-state index contributed by atoms with van der Waals surface area (Å²) in [6.07, 6.45) is 6.34. The first-order valence-electron chi connectivity index (χ1n) is 11.0. The molecule has 0 spiro atoms. The Hall–Kier alpha value is -5.60. The summed E-state index contributed by atoms with van der Waals surface area (Å²) in [6.45, 7) is 7.20. The summed E-state index contributed by atoms with van der Waals surface area (Å²) < 4.78 is 6.22. The van der Waals surface area contributed by atoms with Crippen LogP contribution in [0, 0.1) is 17.9 Å². The average Bonchev–Trinajstić information content (AvgIpc) is 2.95. The molecule has 0 saturated heterocycles. The van der Waals surface area contributed by atoms with E-state index >= 15 is 0 Å². The maximum Gasteiger partial charge on any atom is 0.371 e. The molecule has 168 valence electrons. The smallest absolute Gasteiger partial charge is 0.371 e. The highest BCUT2D eigenvalue weighted by Gasteiger charge is 2.30. The van der Waals surface area contributed by atoms with Crippen LogP contribution in [0.4, 0.5) is 23.0 Å². The van der Waals surface area contributed by atoms with Crippen molar-refractivity contribution >= 4 is 23.0 Å². The minimum atomic E-state index is 0.0801. The average molecular weight is 465 g/mol. The number of nitrogens with zero attached hydrogens (tertiary/aromatic N) is 7. The van der Waals surface area contributed by atoms with Crippen LogP contribution in [-0.4, -0.2) is 19.9 Å². The lowest BCUT2D eigenvalue weighted by Gasteiger charge is -2.35. The fourth-order valence-corrected chi connectivity index (χ4v) is 4.21. The van der Waals surface area contributed by atoms with E-state index in [0.29, 0.717) is 17.2 Å². The quantitative estimate of drug-likeness (QED) is 0.272. The van der Waals surface area contributed by atoms with Crippen LogP contribution in [-0.2, 0) is 0 Å². The number of anilines is 3. The summed E-state index contributed by atoms with van der Waals surface area (Å²) in [5, 5.41) is 9.20. The third-order valence-corrected chi connectivity index (χ3v) is 5.78. The molecule has 8 heteroatoms. The van der Waals surface area contributed by atoms with Gasteiger partial charge in [0, 0.05) is 11.1 Å². The van der Waals surface area contributed by atoms with Crippen LogP contribution < -0.4 is 9.64 Å². The fourth-order valence-electron chi connectivity index (χ4n) is 4.21. The predicted octanol–water partition coefficient (Wildman–Crippen LogP) is 6.60. The first kappa shape index (κ1) is 21.0. The molecule has 1 aliphatic heterocycles. The van der Waals surface area contributed by atoms with Crippen molar-refractivity contribution in [2.24, 2.45) is 0 Å². The lowest BCUT2D eigenvalue weighted by molar-refractivity contribution is 0.477. The molecule has 3 aromatic carbocycles. The van der Waals surface area contributed by atoms with Crippen molar-refractivity contribution in [3.63, 3.8) is 0 Å². The van der Waals surface area contributed by atoms with Crippen molar-refractivity contribution in [2.45, 2.75) is 0 Å². The molecule has 0 amide bonds. The van der Waals surface area contributed by atoms with Gasteiger partial charge in [0.2, 0.25) is 0 Å². The van der Waals surface area contributed by atoms with Gasteiger partial charge in [-0.1, -0.05) is 42.5 Å². The highest BCUT2D eigenvalue weighted by Crippen LogP contribution is 2.54. The summed E-state index contributed by atoms with van der Waals surface area (Å²) in [5.41, 5.74) is 5.73. The number of rotatable bonds is 3. The molecule has 0 saturated carbocycles. The second-order valence-electron chi connectivity index (χ2n) is 7.86. The predicted molar refractivity (Wildman–Crippen MR) is 134 cm³/mol. The van der Waals surface area contributed by atoms with E-state index < -0.39 is 0 Å². The Balaban J connectivity index is 1.67. The van der Waals surface area contributed by atoms with Crippen molar-refractivity contribution in [1.29, 1.82) is 5.26 Å². The van der Waals surface area contributed by atoms with Crippen LogP contribution in [0.1, 0.15) is 5.69 Å². The summed E-state index contributed by atoms with van der Waals surface area (Å²) in [5.74, 6) is 1.50. The van der Waals surface area contributed by atoms with Crippen molar-refractivity contribution in [3.8, 4) is 40.0 Å². The van der Waals surface area contributed by atoms with E-state index in [4.69, 9.17) is 11.3 Å². The zero-order valence-corrected chi connectivity index (χ0v) is 18.7. The molecule has 0 radical (unpaired) electrons. The molecule has 0 bridgehead atoms. The Morgan fingerprint density at radius 3 is 2.03 bits per heavy atom. The number of para-hydroxylation sites is 5. The summed E-state index contributed by atoms with van der Waals surface area (Å²) in [7, 11) is 0. The van der Waals surface area contributed by atoms with Gasteiger partial charge in [-0.25, -0.2) is 4.98 Å². The number of hydrogen-bond donors (Lipinski definition) is 0. The number of hydrogen-bond acceptors (Lipinski definition) is 7. The second kappa shape index (κ2) is 8.64. The van der Waals surface area contributed by atoms with E-state index in [9.17, 15) is 5.26 Å². The normalized spacial score (nSPS) is 11.4. The van der Waals surface area contributed by atoms with E-state index in [1.54, 1.807) is 18.6 Å². The van der Waals surface area contributed by atoms with Crippen molar-refractivity contribution in [2.75, 3.05) is 4.90 Å². The Morgan fingerprint density at radius 1 is 0.750 bits per heavy atom. The van der Waals surface area contributed by atoms with Crippen molar-refractivity contribution in [1.82, 2.24) is 19.9 Å². The van der Waals surface area contributed by atoms with Gasteiger partial charge in [-0.15, -0.1) is 6.57 Å². The van der Waals surface area contributed by atoms with Crippen LogP contribution >= 0.6 is 0 Å². The molecular formula is C28H15N7O. The van der Waals surface area contributed by atoms with Crippen LogP contribution in [0.15, 0.2) is 91.5 Å². The molecule has 8 nitrogen and oxygen atoms in total.